The predicted octanol–water partition coefficient (Wildman–Crippen LogP) is 4.39. The van der Waals surface area contributed by atoms with Gasteiger partial charge in [0, 0.05) is 15.3 Å². The van der Waals surface area contributed by atoms with Gasteiger partial charge in [-0.15, -0.1) is 11.3 Å². The third kappa shape index (κ3) is 2.80. The van der Waals surface area contributed by atoms with Crippen LogP contribution in [0.25, 0.3) is 0 Å². The molecule has 0 radical (unpaired) electrons. The molecule has 0 saturated heterocycles. The van der Waals surface area contributed by atoms with Crippen molar-refractivity contribution in [2.45, 2.75) is 31.5 Å². The quantitative estimate of drug-likeness (QED) is 0.827. The highest BCUT2D eigenvalue weighted by Crippen LogP contribution is 2.38. The Morgan fingerprint density at radius 1 is 1.29 bits per heavy atom. The summed E-state index contributed by atoms with van der Waals surface area (Å²) in [5.74, 6) is 0. The highest BCUT2D eigenvalue weighted by molar-refractivity contribution is 7.12. The Bertz CT molecular complexity index is 662. The molecule has 3 rings (SSSR count). The van der Waals surface area contributed by atoms with Gasteiger partial charge < -0.3 is 5.11 Å². The molecule has 1 aliphatic rings. The lowest BCUT2D eigenvalue weighted by Gasteiger charge is -2.13. The van der Waals surface area contributed by atoms with Gasteiger partial charge in [0.2, 0.25) is 0 Å². The number of aliphatic hydroxyl groups excluding tert-OH is 1. The van der Waals surface area contributed by atoms with Gasteiger partial charge in [-0.05, 0) is 37.0 Å². The number of pyridine rings is 1. The lowest BCUT2D eigenvalue weighted by Crippen LogP contribution is -2.10. The minimum absolute atomic E-state index is 0.199. The fourth-order valence-corrected chi connectivity index (χ4v) is 3.97. The SMILES string of the molecule is OC(c1cc2c(s1)CCC2)c1ccc(C(F)(F)F)nc1Cl. The minimum atomic E-state index is -4.54. The van der Waals surface area contributed by atoms with E-state index in [0.29, 0.717) is 4.88 Å². The molecule has 1 unspecified atom stereocenters. The molecule has 0 aliphatic heterocycles. The number of rotatable bonds is 2. The Balaban J connectivity index is 1.92. The Morgan fingerprint density at radius 2 is 2.05 bits per heavy atom. The summed E-state index contributed by atoms with van der Waals surface area (Å²) >= 11 is 7.29. The Kier molecular flexibility index (Phi) is 3.71. The van der Waals surface area contributed by atoms with Gasteiger partial charge in [0.05, 0.1) is 0 Å². The van der Waals surface area contributed by atoms with E-state index in [2.05, 4.69) is 4.98 Å². The normalized spacial score (nSPS) is 16.0. The van der Waals surface area contributed by atoms with Crippen molar-refractivity contribution in [2.24, 2.45) is 0 Å². The van der Waals surface area contributed by atoms with Crippen molar-refractivity contribution in [3.63, 3.8) is 0 Å². The first-order chi connectivity index (χ1) is 9.86. The minimum Gasteiger partial charge on any atom is -0.383 e. The largest absolute Gasteiger partial charge is 0.433 e. The van der Waals surface area contributed by atoms with E-state index >= 15 is 0 Å². The number of hydrogen-bond acceptors (Lipinski definition) is 3. The molecule has 2 heterocycles. The fourth-order valence-electron chi connectivity index (χ4n) is 2.45. The molecule has 1 N–H and O–H groups in total. The van der Waals surface area contributed by atoms with Crippen LogP contribution in [0, 0.1) is 0 Å². The topological polar surface area (TPSA) is 33.1 Å². The summed E-state index contributed by atoms with van der Waals surface area (Å²) in [6.45, 7) is 0. The van der Waals surface area contributed by atoms with Crippen LogP contribution in [0.15, 0.2) is 18.2 Å². The van der Waals surface area contributed by atoms with Crippen LogP contribution in [-0.4, -0.2) is 10.1 Å². The van der Waals surface area contributed by atoms with Crippen LogP contribution in [0.1, 0.15) is 39.1 Å². The maximum absolute atomic E-state index is 12.6. The molecule has 2 aromatic rings. The zero-order valence-corrected chi connectivity index (χ0v) is 12.3. The summed E-state index contributed by atoms with van der Waals surface area (Å²) in [5.41, 5.74) is 0.353. The van der Waals surface area contributed by atoms with E-state index in [9.17, 15) is 18.3 Å². The molecule has 0 saturated carbocycles. The molecular formula is C14H11ClF3NOS. The Morgan fingerprint density at radius 3 is 2.67 bits per heavy atom. The molecule has 1 atom stereocenters. The van der Waals surface area contributed by atoms with Crippen LogP contribution < -0.4 is 0 Å². The van der Waals surface area contributed by atoms with Crippen molar-refractivity contribution in [1.82, 2.24) is 4.98 Å². The number of aryl methyl sites for hydroxylation is 2. The van der Waals surface area contributed by atoms with E-state index in [-0.39, 0.29) is 10.7 Å². The lowest BCUT2D eigenvalue weighted by molar-refractivity contribution is -0.141. The molecule has 7 heteroatoms. The summed E-state index contributed by atoms with van der Waals surface area (Å²) in [6, 6.07) is 3.94. The van der Waals surface area contributed by atoms with Crippen LogP contribution in [0.5, 0.6) is 0 Å². The second-order valence-electron chi connectivity index (χ2n) is 4.93. The van der Waals surface area contributed by atoms with Crippen LogP contribution in [0.3, 0.4) is 0 Å². The predicted molar refractivity (Wildman–Crippen MR) is 74.7 cm³/mol. The second kappa shape index (κ2) is 5.26. The van der Waals surface area contributed by atoms with Gasteiger partial charge in [0.15, 0.2) is 0 Å². The van der Waals surface area contributed by atoms with Crippen molar-refractivity contribution < 1.29 is 18.3 Å². The zero-order valence-electron chi connectivity index (χ0n) is 10.7. The van der Waals surface area contributed by atoms with Gasteiger partial charge >= 0.3 is 6.18 Å². The molecule has 0 fully saturated rings. The van der Waals surface area contributed by atoms with E-state index < -0.39 is 18.0 Å². The molecule has 2 nitrogen and oxygen atoms in total. The molecule has 0 aromatic carbocycles. The number of alkyl halides is 3. The summed E-state index contributed by atoms with van der Waals surface area (Å²) in [5, 5.41) is 10.0. The number of aliphatic hydroxyl groups is 1. The molecule has 0 bridgehead atoms. The number of nitrogens with zero attached hydrogens (tertiary/aromatic N) is 1. The molecule has 0 amide bonds. The van der Waals surface area contributed by atoms with Gasteiger partial charge in [-0.1, -0.05) is 17.7 Å². The van der Waals surface area contributed by atoms with Crippen molar-refractivity contribution in [3.05, 3.63) is 49.9 Å². The molecule has 2 aromatic heterocycles. The van der Waals surface area contributed by atoms with E-state index in [1.807, 2.05) is 6.07 Å². The third-order valence-electron chi connectivity index (χ3n) is 3.50. The molecule has 112 valence electrons. The van der Waals surface area contributed by atoms with Crippen molar-refractivity contribution in [1.29, 1.82) is 0 Å². The first kappa shape index (κ1) is 14.8. The molecule has 0 spiro atoms. The highest BCUT2D eigenvalue weighted by atomic mass is 35.5. The van der Waals surface area contributed by atoms with E-state index in [1.54, 1.807) is 0 Å². The zero-order chi connectivity index (χ0) is 15.2. The van der Waals surface area contributed by atoms with E-state index in [4.69, 9.17) is 11.6 Å². The average molecular weight is 334 g/mol. The number of halogens is 4. The Hall–Kier alpha value is -1.11. The van der Waals surface area contributed by atoms with E-state index in [1.165, 1.54) is 27.8 Å². The van der Waals surface area contributed by atoms with Crippen molar-refractivity contribution in [2.75, 3.05) is 0 Å². The molecule has 21 heavy (non-hydrogen) atoms. The first-order valence-electron chi connectivity index (χ1n) is 6.39. The van der Waals surface area contributed by atoms with Crippen LogP contribution in [0.4, 0.5) is 13.2 Å². The maximum atomic E-state index is 12.6. The van der Waals surface area contributed by atoms with Gasteiger partial charge in [0.1, 0.15) is 17.0 Å². The highest BCUT2D eigenvalue weighted by Gasteiger charge is 2.33. The third-order valence-corrected chi connectivity index (χ3v) is 5.09. The maximum Gasteiger partial charge on any atom is 0.433 e. The van der Waals surface area contributed by atoms with Crippen LogP contribution in [0.2, 0.25) is 5.15 Å². The second-order valence-corrected chi connectivity index (χ2v) is 6.45. The van der Waals surface area contributed by atoms with Gasteiger partial charge in [0.25, 0.3) is 0 Å². The average Bonchev–Trinajstić information content (AvgIpc) is 2.97. The van der Waals surface area contributed by atoms with Gasteiger partial charge in [-0.3, -0.25) is 0 Å². The molecule has 1 aliphatic carbocycles. The van der Waals surface area contributed by atoms with Crippen molar-refractivity contribution >= 4 is 22.9 Å². The number of hydrogen-bond donors (Lipinski definition) is 1. The standard InChI is InChI=1S/C14H11ClF3NOS/c15-13-8(4-5-11(19-13)14(16,17)18)12(20)10-6-7-2-1-3-9(7)21-10/h4-6,12,20H,1-3H2. The monoisotopic (exact) mass is 333 g/mol. The summed E-state index contributed by atoms with van der Waals surface area (Å²) in [7, 11) is 0. The smallest absolute Gasteiger partial charge is 0.383 e. The fraction of sp³-hybridized carbons (Fsp3) is 0.357. The number of thiophene rings is 1. The van der Waals surface area contributed by atoms with Gasteiger partial charge in [-0.25, -0.2) is 4.98 Å². The van der Waals surface area contributed by atoms with Crippen molar-refractivity contribution in [3.8, 4) is 0 Å². The van der Waals surface area contributed by atoms with E-state index in [0.717, 1.165) is 25.3 Å². The summed E-state index contributed by atoms with van der Waals surface area (Å²) in [4.78, 5) is 5.27. The summed E-state index contributed by atoms with van der Waals surface area (Å²) in [6.07, 6.45) is -2.50. The molecular weight excluding hydrogens is 323 g/mol. The lowest BCUT2D eigenvalue weighted by atomic mass is 10.1. The first-order valence-corrected chi connectivity index (χ1v) is 7.59. The Labute approximate surface area is 128 Å². The van der Waals surface area contributed by atoms with Crippen LogP contribution in [-0.2, 0) is 19.0 Å². The van der Waals surface area contributed by atoms with Gasteiger partial charge in [-0.2, -0.15) is 13.2 Å². The van der Waals surface area contributed by atoms with Crippen LogP contribution >= 0.6 is 22.9 Å². The number of fused-ring (bicyclic) bond motifs is 1. The number of aromatic nitrogens is 1. The summed E-state index contributed by atoms with van der Waals surface area (Å²) < 4.78 is 37.7.